The van der Waals surface area contributed by atoms with Crippen LogP contribution in [0.15, 0.2) is 0 Å². The third-order valence-corrected chi connectivity index (χ3v) is 5.29. The standard InChI is InChI=1S/C13H27N3O6S/c1-6(17)12(15,10(19)20)5-8(14)4-9(23-3)13(16,7(2)18)11(21)22/h6-9,17-18H,4-5,14-16H2,1-3H3,(H,19,20)(H,21,22). The molecule has 0 rings (SSSR count). The van der Waals surface area contributed by atoms with Gasteiger partial charge < -0.3 is 37.6 Å². The Labute approximate surface area is 139 Å². The highest BCUT2D eigenvalue weighted by Crippen LogP contribution is 2.29. The maximum absolute atomic E-state index is 11.4. The average molecular weight is 353 g/mol. The van der Waals surface area contributed by atoms with Crippen molar-refractivity contribution in [1.82, 2.24) is 0 Å². The normalized spacial score (nSPS) is 22.3. The van der Waals surface area contributed by atoms with Gasteiger partial charge in [-0.15, -0.1) is 0 Å². The molecule has 0 aliphatic rings. The van der Waals surface area contributed by atoms with Gasteiger partial charge in [-0.2, -0.15) is 11.8 Å². The molecule has 0 fully saturated rings. The maximum Gasteiger partial charge on any atom is 0.327 e. The first-order valence-electron chi connectivity index (χ1n) is 7.03. The molecule has 6 atom stereocenters. The third-order valence-electron chi connectivity index (χ3n) is 4.14. The van der Waals surface area contributed by atoms with Gasteiger partial charge in [0.15, 0.2) is 5.54 Å². The van der Waals surface area contributed by atoms with E-state index in [2.05, 4.69) is 0 Å². The summed E-state index contributed by atoms with van der Waals surface area (Å²) in [7, 11) is 0. The first-order valence-corrected chi connectivity index (χ1v) is 8.31. The van der Waals surface area contributed by atoms with Gasteiger partial charge in [0, 0.05) is 11.3 Å². The van der Waals surface area contributed by atoms with Crippen molar-refractivity contribution in [3.05, 3.63) is 0 Å². The Hall–Kier alpha value is -0.910. The Bertz CT molecular complexity index is 436. The minimum Gasteiger partial charge on any atom is -0.480 e. The smallest absolute Gasteiger partial charge is 0.327 e. The largest absolute Gasteiger partial charge is 0.480 e. The summed E-state index contributed by atoms with van der Waals surface area (Å²) in [4.78, 5) is 22.7. The predicted octanol–water partition coefficient (Wildman–Crippen LogP) is -1.85. The number of rotatable bonds is 10. The van der Waals surface area contributed by atoms with E-state index in [0.29, 0.717) is 0 Å². The van der Waals surface area contributed by atoms with Crippen molar-refractivity contribution in [3.8, 4) is 0 Å². The molecule has 0 aliphatic heterocycles. The SMILES string of the molecule is CSC(CC(N)CC(N)(C(=O)O)C(C)O)C(N)(C(=O)O)C(C)O. The highest BCUT2D eigenvalue weighted by molar-refractivity contribution is 7.99. The summed E-state index contributed by atoms with van der Waals surface area (Å²) < 4.78 is 0. The predicted molar refractivity (Wildman–Crippen MR) is 87.0 cm³/mol. The van der Waals surface area contributed by atoms with Gasteiger partial charge in [0.25, 0.3) is 0 Å². The second-order valence-electron chi connectivity index (χ2n) is 5.86. The van der Waals surface area contributed by atoms with Crippen molar-refractivity contribution in [2.24, 2.45) is 17.2 Å². The Balaban J connectivity index is 5.28. The number of hydrogen-bond donors (Lipinski definition) is 7. The van der Waals surface area contributed by atoms with Crippen LogP contribution in [0, 0.1) is 0 Å². The molecule has 0 radical (unpaired) electrons. The number of carboxylic acids is 2. The summed E-state index contributed by atoms with van der Waals surface area (Å²) in [6.07, 6.45) is -1.34. The highest BCUT2D eigenvalue weighted by Gasteiger charge is 2.48. The minimum atomic E-state index is -1.95. The summed E-state index contributed by atoms with van der Waals surface area (Å²) in [6.45, 7) is 2.51. The van der Waals surface area contributed by atoms with Crippen molar-refractivity contribution in [2.45, 2.75) is 61.3 Å². The van der Waals surface area contributed by atoms with E-state index < -0.39 is 46.5 Å². The molecule has 0 bridgehead atoms. The van der Waals surface area contributed by atoms with Crippen LogP contribution in [0.5, 0.6) is 0 Å². The van der Waals surface area contributed by atoms with E-state index in [1.807, 2.05) is 0 Å². The Morgan fingerprint density at radius 3 is 1.83 bits per heavy atom. The van der Waals surface area contributed by atoms with Crippen LogP contribution in [0.25, 0.3) is 0 Å². The van der Waals surface area contributed by atoms with Gasteiger partial charge in [0.2, 0.25) is 0 Å². The number of thioether (sulfide) groups is 1. The van der Waals surface area contributed by atoms with Gasteiger partial charge in [-0.1, -0.05) is 0 Å². The van der Waals surface area contributed by atoms with Crippen molar-refractivity contribution in [1.29, 1.82) is 0 Å². The van der Waals surface area contributed by atoms with E-state index in [4.69, 9.17) is 17.2 Å². The highest BCUT2D eigenvalue weighted by atomic mass is 32.2. The minimum absolute atomic E-state index is 0.00775. The molecule has 0 saturated carbocycles. The summed E-state index contributed by atoms with van der Waals surface area (Å²) in [5, 5.41) is 37.1. The molecular weight excluding hydrogens is 326 g/mol. The first-order chi connectivity index (χ1) is 10.3. The lowest BCUT2D eigenvalue weighted by Crippen LogP contribution is -2.64. The van der Waals surface area contributed by atoms with E-state index in [1.54, 1.807) is 6.26 Å². The molecule has 9 nitrogen and oxygen atoms in total. The van der Waals surface area contributed by atoms with Crippen LogP contribution in [-0.2, 0) is 9.59 Å². The molecule has 6 unspecified atom stereocenters. The molecule has 10 heteroatoms. The van der Waals surface area contributed by atoms with Gasteiger partial charge in [0.05, 0.1) is 12.2 Å². The second kappa shape index (κ2) is 8.27. The van der Waals surface area contributed by atoms with Gasteiger partial charge in [-0.3, -0.25) is 9.59 Å². The van der Waals surface area contributed by atoms with Crippen LogP contribution in [-0.4, -0.2) is 73.2 Å². The second-order valence-corrected chi connectivity index (χ2v) is 6.90. The summed E-state index contributed by atoms with van der Waals surface area (Å²) in [5.74, 6) is -2.79. The molecule has 0 spiro atoms. The summed E-state index contributed by atoms with van der Waals surface area (Å²) in [6, 6.07) is -0.829. The fourth-order valence-corrected chi connectivity index (χ4v) is 3.43. The number of aliphatic hydroxyl groups is 2. The molecule has 23 heavy (non-hydrogen) atoms. The van der Waals surface area contributed by atoms with Crippen LogP contribution >= 0.6 is 11.8 Å². The Morgan fingerprint density at radius 1 is 1.09 bits per heavy atom. The zero-order valence-corrected chi connectivity index (χ0v) is 14.3. The Morgan fingerprint density at radius 2 is 1.57 bits per heavy atom. The van der Waals surface area contributed by atoms with Crippen LogP contribution < -0.4 is 17.2 Å². The lowest BCUT2D eigenvalue weighted by molar-refractivity contribution is -0.149. The molecule has 0 saturated heterocycles. The monoisotopic (exact) mass is 353 g/mol. The molecule has 0 aliphatic carbocycles. The summed E-state index contributed by atoms with van der Waals surface area (Å²) >= 11 is 1.11. The van der Waals surface area contributed by atoms with Crippen molar-refractivity contribution in [2.75, 3.05) is 6.26 Å². The van der Waals surface area contributed by atoms with E-state index in [9.17, 15) is 30.0 Å². The molecular formula is C13H27N3O6S. The zero-order valence-electron chi connectivity index (χ0n) is 13.5. The van der Waals surface area contributed by atoms with E-state index in [1.165, 1.54) is 13.8 Å². The number of carboxylic acid groups (broad SMARTS) is 2. The van der Waals surface area contributed by atoms with E-state index in [0.717, 1.165) is 11.8 Å². The lowest BCUT2D eigenvalue weighted by atomic mass is 9.82. The number of aliphatic carboxylic acids is 2. The fourth-order valence-electron chi connectivity index (χ4n) is 2.30. The molecule has 136 valence electrons. The van der Waals surface area contributed by atoms with E-state index in [-0.39, 0.29) is 12.8 Å². The van der Waals surface area contributed by atoms with E-state index >= 15 is 0 Å². The lowest BCUT2D eigenvalue weighted by Gasteiger charge is -2.37. The van der Waals surface area contributed by atoms with Gasteiger partial charge in [-0.25, -0.2) is 0 Å². The quantitative estimate of drug-likeness (QED) is 0.234. The molecule has 10 N–H and O–H groups in total. The molecule has 0 heterocycles. The molecule has 0 aromatic carbocycles. The Kier molecular flexibility index (Phi) is 7.94. The van der Waals surface area contributed by atoms with Crippen molar-refractivity contribution >= 4 is 23.7 Å². The van der Waals surface area contributed by atoms with Crippen LogP contribution in [0.1, 0.15) is 26.7 Å². The third kappa shape index (κ3) is 4.78. The maximum atomic E-state index is 11.4. The molecule has 0 aromatic rings. The summed E-state index contributed by atoms with van der Waals surface area (Å²) in [5.41, 5.74) is 13.6. The van der Waals surface area contributed by atoms with Crippen LogP contribution in [0.2, 0.25) is 0 Å². The number of nitrogens with two attached hydrogens (primary N) is 3. The number of hydrogen-bond acceptors (Lipinski definition) is 8. The van der Waals surface area contributed by atoms with Crippen molar-refractivity contribution < 1.29 is 30.0 Å². The van der Waals surface area contributed by atoms with Crippen LogP contribution in [0.4, 0.5) is 0 Å². The first kappa shape index (κ1) is 22.1. The molecule has 0 aromatic heterocycles. The number of aliphatic hydroxyl groups excluding tert-OH is 2. The van der Waals surface area contributed by atoms with Gasteiger partial charge in [0.1, 0.15) is 5.54 Å². The van der Waals surface area contributed by atoms with Crippen LogP contribution in [0.3, 0.4) is 0 Å². The fraction of sp³-hybridized carbons (Fsp3) is 0.846. The van der Waals surface area contributed by atoms with Gasteiger partial charge >= 0.3 is 11.9 Å². The topological polar surface area (TPSA) is 193 Å². The van der Waals surface area contributed by atoms with Gasteiger partial charge in [-0.05, 0) is 32.9 Å². The zero-order chi connectivity index (χ0) is 18.6. The van der Waals surface area contributed by atoms with Crippen molar-refractivity contribution in [3.63, 3.8) is 0 Å². The number of carbonyl (C=O) groups is 2. The average Bonchev–Trinajstić information content (AvgIpc) is 2.42. The molecule has 0 amide bonds.